The molecule has 0 aliphatic heterocycles. The lowest BCUT2D eigenvalue weighted by atomic mass is 9.90. The second-order valence-electron chi connectivity index (χ2n) is 11.9. The van der Waals surface area contributed by atoms with Crippen molar-refractivity contribution in [1.82, 2.24) is 4.98 Å². The minimum Gasteiger partial charge on any atom is -0.264 e. The molecule has 0 spiro atoms. The Bertz CT molecular complexity index is 2220. The molecule has 0 atom stereocenters. The van der Waals surface area contributed by atoms with Gasteiger partial charge in [0.25, 0.3) is 0 Å². The molecule has 1 heteroatoms. The van der Waals surface area contributed by atoms with Gasteiger partial charge in [-0.2, -0.15) is 0 Å². The van der Waals surface area contributed by atoms with E-state index in [1.807, 2.05) is 0 Å². The fourth-order valence-electron chi connectivity index (χ4n) is 7.40. The molecule has 0 saturated heterocycles. The van der Waals surface area contributed by atoms with Crippen LogP contribution in [0.1, 0.15) is 22.3 Å². The van der Waals surface area contributed by atoms with Gasteiger partial charge in [0.2, 0.25) is 0 Å². The van der Waals surface area contributed by atoms with Gasteiger partial charge in [-0.1, -0.05) is 115 Å². The maximum atomic E-state index is 4.67. The fourth-order valence-corrected chi connectivity index (χ4v) is 7.40. The van der Waals surface area contributed by atoms with Crippen LogP contribution in [0.5, 0.6) is 0 Å². The normalized spacial score (nSPS) is 12.2. The lowest BCUT2D eigenvalue weighted by Gasteiger charge is -2.14. The molecule has 0 saturated carbocycles. The molecule has 198 valence electrons. The van der Waals surface area contributed by atoms with Gasteiger partial charge in [0.15, 0.2) is 0 Å². The molecule has 0 fully saturated rings. The summed E-state index contributed by atoms with van der Waals surface area (Å²) >= 11 is 0. The molecule has 1 nitrogen and oxygen atoms in total. The van der Waals surface area contributed by atoms with Crippen molar-refractivity contribution < 1.29 is 0 Å². The summed E-state index contributed by atoms with van der Waals surface area (Å²) < 4.78 is 0. The predicted octanol–water partition coefficient (Wildman–Crippen LogP) is 10.4. The van der Waals surface area contributed by atoms with Crippen LogP contribution in [0.25, 0.3) is 64.6 Å². The summed E-state index contributed by atoms with van der Waals surface area (Å²) in [7, 11) is 0. The van der Waals surface area contributed by atoms with Crippen molar-refractivity contribution in [2.24, 2.45) is 0 Å². The number of aryl methyl sites for hydroxylation is 4. The SMILES string of the molecule is c1cc2ccc3ccc(CCc4cncc(CCc5ccc6ccc7cccc8ccc5c6c78)c4)c4ccc(c1)c2c34. The van der Waals surface area contributed by atoms with Gasteiger partial charge >= 0.3 is 0 Å². The predicted molar refractivity (Wildman–Crippen MR) is 179 cm³/mol. The van der Waals surface area contributed by atoms with Crippen LogP contribution < -0.4 is 0 Å². The van der Waals surface area contributed by atoms with Gasteiger partial charge in [0.05, 0.1) is 0 Å². The highest BCUT2D eigenvalue weighted by atomic mass is 14.6. The molecular formula is C41H29N. The van der Waals surface area contributed by atoms with E-state index in [0.29, 0.717) is 0 Å². The second kappa shape index (κ2) is 9.26. The van der Waals surface area contributed by atoms with E-state index in [4.69, 9.17) is 0 Å². The molecule has 0 N–H and O–H groups in total. The smallest absolute Gasteiger partial charge is 0.0300 e. The number of pyridine rings is 1. The highest BCUT2D eigenvalue weighted by Crippen LogP contribution is 2.37. The number of aromatic nitrogens is 1. The van der Waals surface area contributed by atoms with Crippen LogP contribution in [0, 0.1) is 0 Å². The molecule has 1 aromatic heterocycles. The summed E-state index contributed by atoms with van der Waals surface area (Å²) in [5.74, 6) is 0. The monoisotopic (exact) mass is 535 g/mol. The van der Waals surface area contributed by atoms with Gasteiger partial charge in [-0.15, -0.1) is 0 Å². The lowest BCUT2D eigenvalue weighted by molar-refractivity contribution is 0.921. The standard InChI is InChI=1S/C41H29N/c1-3-30-15-17-34-13-11-28(36-21-19-32(5-1)38(30)40(34)36)9-7-26-23-27(25-42-24-26)8-10-29-12-14-35-18-16-31-4-2-6-33-20-22-37(29)41(35)39(31)33/h1-6,11-25H,7-10H2. The number of hydrogen-bond acceptors (Lipinski definition) is 1. The van der Waals surface area contributed by atoms with Crippen LogP contribution >= 0.6 is 0 Å². The highest BCUT2D eigenvalue weighted by Gasteiger charge is 2.13. The Labute approximate surface area is 244 Å². The van der Waals surface area contributed by atoms with E-state index in [2.05, 4.69) is 133 Å². The third-order valence-corrected chi connectivity index (χ3v) is 9.46. The number of hydrogen-bond donors (Lipinski definition) is 0. The van der Waals surface area contributed by atoms with E-state index in [-0.39, 0.29) is 0 Å². The van der Waals surface area contributed by atoms with E-state index in [1.165, 1.54) is 86.9 Å². The molecule has 0 amide bonds. The quantitative estimate of drug-likeness (QED) is 0.193. The van der Waals surface area contributed by atoms with Gasteiger partial charge in [0, 0.05) is 12.4 Å². The minimum absolute atomic E-state index is 0.990. The average Bonchev–Trinajstić information content (AvgIpc) is 3.05. The molecule has 9 rings (SSSR count). The van der Waals surface area contributed by atoms with E-state index in [9.17, 15) is 0 Å². The van der Waals surface area contributed by atoms with Crippen molar-refractivity contribution in [3.05, 3.63) is 150 Å². The summed E-state index contributed by atoms with van der Waals surface area (Å²) in [5, 5.41) is 16.3. The Balaban J connectivity index is 0.992. The lowest BCUT2D eigenvalue weighted by Crippen LogP contribution is -1.98. The Kier molecular flexibility index (Phi) is 5.22. The second-order valence-corrected chi connectivity index (χ2v) is 11.9. The zero-order valence-corrected chi connectivity index (χ0v) is 23.4. The van der Waals surface area contributed by atoms with Crippen LogP contribution in [-0.4, -0.2) is 4.98 Å². The van der Waals surface area contributed by atoms with Crippen LogP contribution in [0.4, 0.5) is 0 Å². The van der Waals surface area contributed by atoms with E-state index >= 15 is 0 Å². The van der Waals surface area contributed by atoms with Crippen molar-refractivity contribution in [3.63, 3.8) is 0 Å². The first kappa shape index (κ1) is 23.7. The molecule has 0 aliphatic carbocycles. The van der Waals surface area contributed by atoms with Crippen LogP contribution in [0.15, 0.2) is 128 Å². The van der Waals surface area contributed by atoms with Crippen molar-refractivity contribution >= 4 is 64.6 Å². The van der Waals surface area contributed by atoms with Gasteiger partial charge in [-0.3, -0.25) is 4.98 Å². The molecule has 9 aromatic rings. The molecule has 42 heavy (non-hydrogen) atoms. The number of rotatable bonds is 6. The number of nitrogens with zero attached hydrogens (tertiary/aromatic N) is 1. The van der Waals surface area contributed by atoms with Crippen molar-refractivity contribution in [2.45, 2.75) is 25.7 Å². The minimum atomic E-state index is 0.990. The summed E-state index contributed by atoms with van der Waals surface area (Å²) in [4.78, 5) is 4.67. The third kappa shape index (κ3) is 3.67. The third-order valence-electron chi connectivity index (χ3n) is 9.46. The zero-order valence-electron chi connectivity index (χ0n) is 23.4. The highest BCUT2D eigenvalue weighted by molar-refractivity contribution is 6.24. The van der Waals surface area contributed by atoms with Crippen molar-refractivity contribution in [3.8, 4) is 0 Å². The van der Waals surface area contributed by atoms with Crippen LogP contribution in [0.2, 0.25) is 0 Å². The molecule has 0 radical (unpaired) electrons. The molecule has 0 unspecified atom stereocenters. The Hall–Kier alpha value is -5.01. The van der Waals surface area contributed by atoms with Gasteiger partial charge in [0.1, 0.15) is 0 Å². The van der Waals surface area contributed by atoms with Crippen LogP contribution in [0.3, 0.4) is 0 Å². The van der Waals surface area contributed by atoms with Crippen LogP contribution in [-0.2, 0) is 25.7 Å². The van der Waals surface area contributed by atoms with E-state index in [1.54, 1.807) is 0 Å². The average molecular weight is 536 g/mol. The summed E-state index contributed by atoms with van der Waals surface area (Å²) in [6.07, 6.45) is 8.10. The maximum absolute atomic E-state index is 4.67. The molecule has 1 heterocycles. The first-order chi connectivity index (χ1) is 20.8. The van der Waals surface area contributed by atoms with Crippen molar-refractivity contribution in [1.29, 1.82) is 0 Å². The van der Waals surface area contributed by atoms with E-state index < -0.39 is 0 Å². The molecular weight excluding hydrogens is 506 g/mol. The van der Waals surface area contributed by atoms with Crippen molar-refractivity contribution in [2.75, 3.05) is 0 Å². The molecule has 0 bridgehead atoms. The Morgan fingerprint density at radius 3 is 1.19 bits per heavy atom. The Morgan fingerprint density at radius 1 is 0.357 bits per heavy atom. The first-order valence-electron chi connectivity index (χ1n) is 15.0. The summed E-state index contributed by atoms with van der Waals surface area (Å²) in [6.45, 7) is 0. The topological polar surface area (TPSA) is 12.9 Å². The van der Waals surface area contributed by atoms with Gasteiger partial charge in [-0.25, -0.2) is 0 Å². The fraction of sp³-hybridized carbons (Fsp3) is 0.0976. The van der Waals surface area contributed by atoms with Gasteiger partial charge < -0.3 is 0 Å². The van der Waals surface area contributed by atoms with E-state index in [0.717, 1.165) is 25.7 Å². The molecule has 0 aliphatic rings. The van der Waals surface area contributed by atoms with Gasteiger partial charge in [-0.05, 0) is 113 Å². The summed E-state index contributed by atoms with van der Waals surface area (Å²) in [5.41, 5.74) is 5.46. The first-order valence-corrected chi connectivity index (χ1v) is 15.0. The summed E-state index contributed by atoms with van der Waals surface area (Å²) in [6, 6.07) is 43.1. The maximum Gasteiger partial charge on any atom is 0.0300 e. The molecule has 8 aromatic carbocycles. The largest absolute Gasteiger partial charge is 0.264 e. The zero-order chi connectivity index (χ0) is 27.6. The Morgan fingerprint density at radius 2 is 0.738 bits per heavy atom. The number of benzene rings is 8.